The number of nitrogens with zero attached hydrogens (tertiary/aromatic N) is 3. The van der Waals surface area contributed by atoms with Gasteiger partial charge in [-0.05, 0) is 69.4 Å². The lowest BCUT2D eigenvalue weighted by molar-refractivity contribution is 0.0179. The molecule has 0 amide bonds. The van der Waals surface area contributed by atoms with E-state index in [9.17, 15) is 4.39 Å². The van der Waals surface area contributed by atoms with E-state index in [1.165, 1.54) is 38.9 Å². The van der Waals surface area contributed by atoms with Crippen LogP contribution >= 0.6 is 24.0 Å². The number of likely N-dealkylation sites (tertiary alicyclic amines) is 1. The maximum Gasteiger partial charge on any atom is 0.191 e. The molecule has 1 atom stereocenters. The second kappa shape index (κ2) is 15.0. The maximum absolute atomic E-state index is 13.5. The fourth-order valence-corrected chi connectivity index (χ4v) is 4.50. The van der Waals surface area contributed by atoms with Crippen molar-refractivity contribution in [2.45, 2.75) is 39.2 Å². The van der Waals surface area contributed by atoms with Gasteiger partial charge in [0, 0.05) is 26.2 Å². The molecule has 2 heterocycles. The molecule has 2 aliphatic heterocycles. The number of benzene rings is 1. The van der Waals surface area contributed by atoms with Crippen molar-refractivity contribution in [3.05, 3.63) is 35.6 Å². The molecule has 1 unspecified atom stereocenters. The molecule has 32 heavy (non-hydrogen) atoms. The van der Waals surface area contributed by atoms with Crippen molar-refractivity contribution in [1.82, 2.24) is 20.4 Å². The Labute approximate surface area is 210 Å². The van der Waals surface area contributed by atoms with Gasteiger partial charge >= 0.3 is 0 Å². The first-order valence-electron chi connectivity index (χ1n) is 12.0. The Bertz CT molecular complexity index is 661. The van der Waals surface area contributed by atoms with Gasteiger partial charge in [-0.3, -0.25) is 9.89 Å². The van der Waals surface area contributed by atoms with E-state index in [2.05, 4.69) is 34.3 Å². The van der Waals surface area contributed by atoms with Crippen molar-refractivity contribution in [1.29, 1.82) is 0 Å². The number of hydrogen-bond donors (Lipinski definition) is 2. The lowest BCUT2D eigenvalue weighted by Crippen LogP contribution is -2.44. The summed E-state index contributed by atoms with van der Waals surface area (Å²) in [6.07, 6.45) is 3.73. The molecule has 0 radical (unpaired) electrons. The van der Waals surface area contributed by atoms with Gasteiger partial charge in [0.15, 0.2) is 5.96 Å². The molecule has 182 valence electrons. The van der Waals surface area contributed by atoms with E-state index in [0.29, 0.717) is 12.5 Å². The second-order valence-electron chi connectivity index (χ2n) is 8.60. The maximum atomic E-state index is 13.5. The van der Waals surface area contributed by atoms with Gasteiger partial charge in [0.1, 0.15) is 5.82 Å². The Balaban J connectivity index is 0.00000363. The predicted molar refractivity (Wildman–Crippen MR) is 140 cm³/mol. The summed E-state index contributed by atoms with van der Waals surface area (Å²) in [4.78, 5) is 9.90. The van der Waals surface area contributed by atoms with Gasteiger partial charge in [0.2, 0.25) is 0 Å². The highest BCUT2D eigenvalue weighted by Crippen LogP contribution is 2.23. The molecule has 0 saturated carbocycles. The average molecular weight is 562 g/mol. The Morgan fingerprint density at radius 2 is 1.78 bits per heavy atom. The van der Waals surface area contributed by atoms with Crippen LogP contribution < -0.4 is 10.6 Å². The van der Waals surface area contributed by atoms with Gasteiger partial charge < -0.3 is 20.3 Å². The van der Waals surface area contributed by atoms with Crippen LogP contribution in [0.5, 0.6) is 0 Å². The second-order valence-corrected chi connectivity index (χ2v) is 8.60. The number of aliphatic imine (C=N–C) groups is 1. The Hall–Kier alpha value is -0.970. The molecule has 0 bridgehead atoms. The van der Waals surface area contributed by atoms with E-state index in [1.54, 1.807) is 12.1 Å². The summed E-state index contributed by atoms with van der Waals surface area (Å²) in [5.41, 5.74) is 1.10. The van der Waals surface area contributed by atoms with Crippen LogP contribution in [-0.2, 0) is 4.74 Å². The fourth-order valence-electron chi connectivity index (χ4n) is 4.50. The molecular weight excluding hydrogens is 520 g/mol. The monoisotopic (exact) mass is 561 g/mol. The van der Waals surface area contributed by atoms with Gasteiger partial charge in [-0.25, -0.2) is 4.39 Å². The van der Waals surface area contributed by atoms with Crippen molar-refractivity contribution < 1.29 is 9.13 Å². The van der Waals surface area contributed by atoms with Crippen LogP contribution in [0.15, 0.2) is 29.3 Å². The number of rotatable bonds is 9. The largest absolute Gasteiger partial charge is 0.379 e. The summed E-state index contributed by atoms with van der Waals surface area (Å²) < 4.78 is 19.0. The summed E-state index contributed by atoms with van der Waals surface area (Å²) in [6.45, 7) is 13.6. The topological polar surface area (TPSA) is 52.1 Å². The zero-order chi connectivity index (χ0) is 21.9. The van der Waals surface area contributed by atoms with Crippen LogP contribution in [0, 0.1) is 11.7 Å². The average Bonchev–Trinajstić information content (AvgIpc) is 2.80. The number of nitrogens with one attached hydrogen (secondary N) is 2. The van der Waals surface area contributed by atoms with Gasteiger partial charge in [-0.1, -0.05) is 19.1 Å². The molecule has 2 saturated heterocycles. The Morgan fingerprint density at radius 3 is 2.41 bits per heavy atom. The summed E-state index contributed by atoms with van der Waals surface area (Å²) in [5, 5.41) is 6.97. The van der Waals surface area contributed by atoms with Crippen LogP contribution in [-0.4, -0.2) is 81.3 Å². The number of ether oxygens (including phenoxy) is 1. The molecule has 2 aliphatic rings. The summed E-state index contributed by atoms with van der Waals surface area (Å²) in [5.74, 6) is 1.37. The van der Waals surface area contributed by atoms with Crippen molar-refractivity contribution in [3.63, 3.8) is 0 Å². The molecule has 1 aromatic rings. The van der Waals surface area contributed by atoms with E-state index in [4.69, 9.17) is 9.73 Å². The summed E-state index contributed by atoms with van der Waals surface area (Å²) in [6, 6.07) is 6.98. The number of hydrogen-bond acceptors (Lipinski definition) is 4. The van der Waals surface area contributed by atoms with Gasteiger partial charge in [-0.15, -0.1) is 24.0 Å². The fraction of sp³-hybridized carbons (Fsp3) is 0.708. The first-order valence-corrected chi connectivity index (χ1v) is 12.0. The lowest BCUT2D eigenvalue weighted by Gasteiger charge is -2.34. The molecule has 8 heteroatoms. The van der Waals surface area contributed by atoms with Gasteiger partial charge in [0.05, 0.1) is 25.8 Å². The predicted octanol–water partition coefficient (Wildman–Crippen LogP) is 3.49. The van der Waals surface area contributed by atoms with E-state index < -0.39 is 0 Å². The van der Waals surface area contributed by atoms with Crippen molar-refractivity contribution >= 4 is 29.9 Å². The van der Waals surface area contributed by atoms with Crippen molar-refractivity contribution in [2.75, 3.05) is 65.6 Å². The van der Waals surface area contributed by atoms with E-state index in [-0.39, 0.29) is 35.8 Å². The number of halogens is 2. The summed E-state index contributed by atoms with van der Waals surface area (Å²) in [7, 11) is 0. The molecule has 2 fully saturated rings. The zero-order valence-electron chi connectivity index (χ0n) is 19.7. The standard InChI is InChI=1S/C24H40FN5O.HI/c1-3-11-29-12-9-20(10-13-29)18-27-24(26-4-2)28-19-23(30-14-16-31-17-15-30)21-5-7-22(25)8-6-21;/h5-8,20,23H,3-4,9-19H2,1-2H3,(H2,26,27,28);1H. The number of guanidine groups is 1. The van der Waals surface area contributed by atoms with Crippen LogP contribution in [0.1, 0.15) is 44.7 Å². The molecular formula is C24H41FIN5O. The number of piperidine rings is 1. The van der Waals surface area contributed by atoms with Crippen molar-refractivity contribution in [3.8, 4) is 0 Å². The van der Waals surface area contributed by atoms with Crippen LogP contribution in [0.25, 0.3) is 0 Å². The molecule has 0 aromatic heterocycles. The number of morpholine rings is 1. The smallest absolute Gasteiger partial charge is 0.191 e. The molecule has 2 N–H and O–H groups in total. The van der Waals surface area contributed by atoms with Crippen LogP contribution in [0.4, 0.5) is 4.39 Å². The molecule has 0 aliphatic carbocycles. The molecule has 6 nitrogen and oxygen atoms in total. The van der Waals surface area contributed by atoms with E-state index in [1.807, 2.05) is 12.1 Å². The quantitative estimate of drug-likeness (QED) is 0.275. The van der Waals surface area contributed by atoms with Crippen LogP contribution in [0.2, 0.25) is 0 Å². The van der Waals surface area contributed by atoms with E-state index in [0.717, 1.165) is 50.9 Å². The Kier molecular flexibility index (Phi) is 12.8. The third-order valence-electron chi connectivity index (χ3n) is 6.31. The molecule has 3 rings (SSSR count). The normalized spacial score (nSPS) is 19.9. The SMILES string of the molecule is CCCN1CCC(CNC(=NCC(c2ccc(F)cc2)N2CCOCC2)NCC)CC1.I. The first-order chi connectivity index (χ1) is 15.2. The highest BCUT2D eigenvalue weighted by molar-refractivity contribution is 14.0. The molecule has 0 spiro atoms. The van der Waals surface area contributed by atoms with E-state index >= 15 is 0 Å². The minimum atomic E-state index is -0.201. The van der Waals surface area contributed by atoms with Gasteiger partial charge in [-0.2, -0.15) is 0 Å². The first kappa shape index (κ1) is 27.3. The van der Waals surface area contributed by atoms with Gasteiger partial charge in [0.25, 0.3) is 0 Å². The highest BCUT2D eigenvalue weighted by atomic mass is 127. The zero-order valence-corrected chi connectivity index (χ0v) is 22.0. The third-order valence-corrected chi connectivity index (χ3v) is 6.31. The minimum absolute atomic E-state index is 0. The highest BCUT2D eigenvalue weighted by Gasteiger charge is 2.23. The minimum Gasteiger partial charge on any atom is -0.379 e. The Morgan fingerprint density at radius 1 is 1.09 bits per heavy atom. The lowest BCUT2D eigenvalue weighted by atomic mass is 9.97. The third kappa shape index (κ3) is 8.76. The van der Waals surface area contributed by atoms with Crippen molar-refractivity contribution in [2.24, 2.45) is 10.9 Å². The molecule has 1 aromatic carbocycles. The van der Waals surface area contributed by atoms with Crippen LogP contribution in [0.3, 0.4) is 0 Å². The summed E-state index contributed by atoms with van der Waals surface area (Å²) >= 11 is 0.